The summed E-state index contributed by atoms with van der Waals surface area (Å²) < 4.78 is 0. The van der Waals surface area contributed by atoms with Gasteiger partial charge >= 0.3 is 0 Å². The fourth-order valence-electron chi connectivity index (χ4n) is 2.10. The number of aliphatic hydroxyl groups is 1. The minimum absolute atomic E-state index is 0.0232. The molecule has 5 nitrogen and oxygen atoms in total. The highest BCUT2D eigenvalue weighted by molar-refractivity contribution is 5.94. The third-order valence-corrected chi connectivity index (χ3v) is 3.18. The fourth-order valence-corrected chi connectivity index (χ4v) is 2.10. The Morgan fingerprint density at radius 1 is 1.32 bits per heavy atom. The van der Waals surface area contributed by atoms with Gasteiger partial charge in [-0.25, -0.2) is 0 Å². The molecule has 102 valence electrons. The van der Waals surface area contributed by atoms with E-state index in [0.29, 0.717) is 31.6 Å². The number of carbonyl (C=O) groups excluding carboxylic acids is 2. The van der Waals surface area contributed by atoms with Gasteiger partial charge in [0.25, 0.3) is 5.91 Å². The number of likely N-dealkylation sites (tertiary alicyclic amines) is 1. The van der Waals surface area contributed by atoms with E-state index in [1.54, 1.807) is 29.2 Å². The van der Waals surface area contributed by atoms with Crippen LogP contribution in [0.2, 0.25) is 0 Å². The third-order valence-electron chi connectivity index (χ3n) is 3.18. The summed E-state index contributed by atoms with van der Waals surface area (Å²) in [5.41, 5.74) is 0.589. The van der Waals surface area contributed by atoms with Gasteiger partial charge in [-0.1, -0.05) is 18.2 Å². The number of nitrogens with one attached hydrogen (secondary N) is 1. The van der Waals surface area contributed by atoms with E-state index in [1.165, 1.54) is 0 Å². The molecule has 1 aliphatic heterocycles. The van der Waals surface area contributed by atoms with Gasteiger partial charge in [-0.15, -0.1) is 0 Å². The van der Waals surface area contributed by atoms with E-state index in [4.69, 9.17) is 0 Å². The lowest BCUT2D eigenvalue weighted by Gasteiger charge is -2.15. The molecule has 0 radical (unpaired) electrons. The largest absolute Gasteiger partial charge is 0.391 e. The van der Waals surface area contributed by atoms with E-state index in [2.05, 4.69) is 5.32 Å². The molecule has 19 heavy (non-hydrogen) atoms. The van der Waals surface area contributed by atoms with E-state index in [1.807, 2.05) is 6.07 Å². The van der Waals surface area contributed by atoms with Crippen LogP contribution in [-0.2, 0) is 4.79 Å². The van der Waals surface area contributed by atoms with Crippen molar-refractivity contribution in [2.24, 2.45) is 0 Å². The van der Waals surface area contributed by atoms with Crippen molar-refractivity contribution in [2.45, 2.75) is 18.9 Å². The average molecular weight is 262 g/mol. The van der Waals surface area contributed by atoms with E-state index >= 15 is 0 Å². The summed E-state index contributed by atoms with van der Waals surface area (Å²) in [5.74, 6) is -0.195. The van der Waals surface area contributed by atoms with Gasteiger partial charge in [0.05, 0.1) is 6.10 Å². The van der Waals surface area contributed by atoms with Crippen LogP contribution in [0.5, 0.6) is 0 Å². The molecular formula is C14H18N2O3. The summed E-state index contributed by atoms with van der Waals surface area (Å²) in [6, 6.07) is 8.90. The Balaban J connectivity index is 1.72. The number of rotatable bonds is 4. The van der Waals surface area contributed by atoms with Crippen LogP contribution in [0.25, 0.3) is 0 Å². The molecule has 1 unspecified atom stereocenters. The summed E-state index contributed by atoms with van der Waals surface area (Å²) in [6.07, 6.45) is 0.510. The average Bonchev–Trinajstić information content (AvgIpc) is 2.86. The molecule has 2 N–H and O–H groups in total. The zero-order valence-electron chi connectivity index (χ0n) is 10.7. The number of amides is 2. The molecule has 2 rings (SSSR count). The van der Waals surface area contributed by atoms with Crippen LogP contribution in [0.4, 0.5) is 0 Å². The predicted molar refractivity (Wildman–Crippen MR) is 70.6 cm³/mol. The van der Waals surface area contributed by atoms with Crippen LogP contribution < -0.4 is 5.32 Å². The zero-order valence-corrected chi connectivity index (χ0v) is 10.7. The second-order valence-electron chi connectivity index (χ2n) is 4.65. The summed E-state index contributed by atoms with van der Waals surface area (Å²) >= 11 is 0. The van der Waals surface area contributed by atoms with Gasteiger partial charge in [0.2, 0.25) is 5.91 Å². The number of aliphatic hydroxyl groups excluding tert-OH is 1. The monoisotopic (exact) mass is 262 g/mol. The van der Waals surface area contributed by atoms with E-state index in [0.717, 1.165) is 0 Å². The first-order valence-electron chi connectivity index (χ1n) is 6.46. The zero-order chi connectivity index (χ0) is 13.7. The molecule has 1 aromatic rings. The topological polar surface area (TPSA) is 69.6 Å². The van der Waals surface area contributed by atoms with E-state index in [-0.39, 0.29) is 18.2 Å². The molecule has 1 aliphatic rings. The highest BCUT2D eigenvalue weighted by Crippen LogP contribution is 2.09. The lowest BCUT2D eigenvalue weighted by molar-refractivity contribution is -0.130. The van der Waals surface area contributed by atoms with Crippen molar-refractivity contribution in [1.82, 2.24) is 10.2 Å². The summed E-state index contributed by atoms with van der Waals surface area (Å²) in [7, 11) is 0. The first kappa shape index (κ1) is 13.5. The van der Waals surface area contributed by atoms with Crippen LogP contribution in [0, 0.1) is 0 Å². The van der Waals surface area contributed by atoms with Gasteiger partial charge in [0, 0.05) is 31.6 Å². The Bertz CT molecular complexity index is 447. The molecule has 1 atom stereocenters. The van der Waals surface area contributed by atoms with Gasteiger partial charge in [0.15, 0.2) is 0 Å². The van der Waals surface area contributed by atoms with Crippen molar-refractivity contribution in [3.63, 3.8) is 0 Å². The number of hydrogen-bond acceptors (Lipinski definition) is 3. The third kappa shape index (κ3) is 3.79. The van der Waals surface area contributed by atoms with Crippen LogP contribution in [0.3, 0.4) is 0 Å². The molecule has 0 aromatic heterocycles. The second-order valence-corrected chi connectivity index (χ2v) is 4.65. The van der Waals surface area contributed by atoms with Crippen molar-refractivity contribution in [2.75, 3.05) is 19.6 Å². The van der Waals surface area contributed by atoms with Gasteiger partial charge < -0.3 is 15.3 Å². The Kier molecular flexibility index (Phi) is 4.52. The molecule has 1 fully saturated rings. The number of β-amino-alcohol motifs (C(OH)–C–C–N with tert-alkyl or cyclic N) is 1. The van der Waals surface area contributed by atoms with Crippen LogP contribution >= 0.6 is 0 Å². The van der Waals surface area contributed by atoms with Crippen molar-refractivity contribution in [3.05, 3.63) is 35.9 Å². The van der Waals surface area contributed by atoms with Crippen LogP contribution in [-0.4, -0.2) is 47.6 Å². The quantitative estimate of drug-likeness (QED) is 0.825. The maximum absolute atomic E-state index is 11.8. The number of hydrogen-bond donors (Lipinski definition) is 2. The van der Waals surface area contributed by atoms with Crippen molar-refractivity contribution >= 4 is 11.8 Å². The Morgan fingerprint density at radius 2 is 2.05 bits per heavy atom. The molecule has 5 heteroatoms. The molecule has 2 amide bonds. The number of nitrogens with zero attached hydrogens (tertiary/aromatic N) is 1. The first-order chi connectivity index (χ1) is 9.16. The highest BCUT2D eigenvalue weighted by Gasteiger charge is 2.23. The van der Waals surface area contributed by atoms with Gasteiger partial charge in [-0.2, -0.15) is 0 Å². The number of carbonyl (C=O) groups is 2. The number of benzene rings is 1. The minimum Gasteiger partial charge on any atom is -0.391 e. The summed E-state index contributed by atoms with van der Waals surface area (Å²) in [6.45, 7) is 1.33. The standard InChI is InChI=1S/C14H18N2O3/c17-12-7-9-16(10-12)13(18)6-8-15-14(19)11-4-2-1-3-5-11/h1-5,12,17H,6-10H2,(H,15,19). The molecule has 1 saturated heterocycles. The maximum Gasteiger partial charge on any atom is 0.251 e. The van der Waals surface area contributed by atoms with Crippen LogP contribution in [0.1, 0.15) is 23.2 Å². The molecule has 1 aromatic carbocycles. The summed E-state index contributed by atoms with van der Waals surface area (Å²) in [5, 5.41) is 12.1. The normalized spacial score (nSPS) is 18.4. The molecule has 0 saturated carbocycles. The Labute approximate surface area is 112 Å². The predicted octanol–water partition coefficient (Wildman–Crippen LogP) is 0.400. The molecule has 0 bridgehead atoms. The van der Waals surface area contributed by atoms with Gasteiger partial charge in [0.1, 0.15) is 0 Å². The van der Waals surface area contributed by atoms with Gasteiger partial charge in [-0.05, 0) is 18.6 Å². The second kappa shape index (κ2) is 6.33. The molecular weight excluding hydrogens is 244 g/mol. The Hall–Kier alpha value is -1.88. The maximum atomic E-state index is 11.8. The molecule has 0 aliphatic carbocycles. The fraction of sp³-hybridized carbons (Fsp3) is 0.429. The first-order valence-corrected chi connectivity index (χ1v) is 6.46. The molecule has 1 heterocycles. The highest BCUT2D eigenvalue weighted by atomic mass is 16.3. The van der Waals surface area contributed by atoms with Crippen molar-refractivity contribution in [1.29, 1.82) is 0 Å². The van der Waals surface area contributed by atoms with Crippen LogP contribution in [0.15, 0.2) is 30.3 Å². The Morgan fingerprint density at radius 3 is 2.68 bits per heavy atom. The minimum atomic E-state index is -0.400. The van der Waals surface area contributed by atoms with Gasteiger partial charge in [-0.3, -0.25) is 9.59 Å². The van der Waals surface area contributed by atoms with E-state index < -0.39 is 6.10 Å². The smallest absolute Gasteiger partial charge is 0.251 e. The van der Waals surface area contributed by atoms with Crippen molar-refractivity contribution < 1.29 is 14.7 Å². The van der Waals surface area contributed by atoms with Crippen molar-refractivity contribution in [3.8, 4) is 0 Å². The SMILES string of the molecule is O=C(NCCC(=O)N1CCC(O)C1)c1ccccc1. The summed E-state index contributed by atoms with van der Waals surface area (Å²) in [4.78, 5) is 25.1. The molecule has 0 spiro atoms. The lowest BCUT2D eigenvalue weighted by atomic mass is 10.2. The van der Waals surface area contributed by atoms with E-state index in [9.17, 15) is 14.7 Å². The lowest BCUT2D eigenvalue weighted by Crippen LogP contribution is -2.33.